The zero-order valence-electron chi connectivity index (χ0n) is 12.0. The summed E-state index contributed by atoms with van der Waals surface area (Å²) in [6.45, 7) is 8.10. The lowest BCUT2D eigenvalue weighted by Gasteiger charge is -2.38. The molecular formula is C12H27N3O3S. The molecule has 1 aliphatic rings. The van der Waals surface area contributed by atoms with E-state index in [0.717, 1.165) is 19.5 Å². The number of ether oxygens (including phenoxy) is 1. The van der Waals surface area contributed by atoms with Crippen LogP contribution in [0.4, 0.5) is 0 Å². The molecule has 1 heterocycles. The average Bonchev–Trinajstić information content (AvgIpc) is 2.41. The van der Waals surface area contributed by atoms with E-state index < -0.39 is 10.0 Å². The molecule has 0 radical (unpaired) electrons. The number of piperazine rings is 1. The molecule has 0 aromatic carbocycles. The van der Waals surface area contributed by atoms with Crippen molar-refractivity contribution in [3.8, 4) is 0 Å². The third kappa shape index (κ3) is 5.00. The Morgan fingerprint density at radius 2 is 1.84 bits per heavy atom. The van der Waals surface area contributed by atoms with E-state index in [4.69, 9.17) is 10.5 Å². The Hall–Kier alpha value is -0.210. The summed E-state index contributed by atoms with van der Waals surface area (Å²) in [5.74, 6) is 0.0783. The Kier molecular flexibility index (Phi) is 7.23. The standard InChI is InChI=1S/C12H27N3O3S/c1-3-12(11-13)14-5-7-15(8-6-14)19(16,17)10-9-18-4-2/h12H,3-11,13H2,1-2H3. The van der Waals surface area contributed by atoms with Crippen LogP contribution in [0.5, 0.6) is 0 Å². The Balaban J connectivity index is 2.44. The first-order chi connectivity index (χ1) is 9.05. The number of nitrogens with two attached hydrogens (primary N) is 1. The van der Waals surface area contributed by atoms with E-state index in [2.05, 4.69) is 11.8 Å². The molecule has 0 aromatic heterocycles. The maximum Gasteiger partial charge on any atom is 0.216 e. The summed E-state index contributed by atoms with van der Waals surface area (Å²) in [6.07, 6.45) is 1.01. The molecular weight excluding hydrogens is 266 g/mol. The summed E-state index contributed by atoms with van der Waals surface area (Å²) in [5.41, 5.74) is 5.73. The van der Waals surface area contributed by atoms with E-state index in [-0.39, 0.29) is 12.4 Å². The minimum Gasteiger partial charge on any atom is -0.381 e. The molecule has 0 aliphatic carbocycles. The molecule has 0 saturated carbocycles. The van der Waals surface area contributed by atoms with Crippen molar-refractivity contribution in [1.29, 1.82) is 0 Å². The second-order valence-corrected chi connectivity index (χ2v) is 6.83. The number of sulfonamides is 1. The minimum atomic E-state index is -3.17. The van der Waals surface area contributed by atoms with Gasteiger partial charge in [-0.25, -0.2) is 8.42 Å². The molecule has 2 N–H and O–H groups in total. The normalized spacial score (nSPS) is 20.6. The first-order valence-electron chi connectivity index (χ1n) is 7.04. The molecule has 7 heteroatoms. The van der Waals surface area contributed by atoms with E-state index in [0.29, 0.717) is 32.3 Å². The van der Waals surface area contributed by atoms with Crippen molar-refractivity contribution in [3.63, 3.8) is 0 Å². The minimum absolute atomic E-state index is 0.0783. The number of hydrogen-bond acceptors (Lipinski definition) is 5. The lowest BCUT2D eigenvalue weighted by Crippen LogP contribution is -2.53. The molecule has 0 bridgehead atoms. The third-order valence-corrected chi connectivity index (χ3v) is 5.45. The molecule has 0 spiro atoms. The van der Waals surface area contributed by atoms with Crippen molar-refractivity contribution in [2.75, 3.05) is 51.7 Å². The fourth-order valence-electron chi connectivity index (χ4n) is 2.36. The van der Waals surface area contributed by atoms with Crippen LogP contribution < -0.4 is 5.73 Å². The highest BCUT2D eigenvalue weighted by Gasteiger charge is 2.28. The second kappa shape index (κ2) is 8.16. The largest absolute Gasteiger partial charge is 0.381 e. The van der Waals surface area contributed by atoms with Crippen LogP contribution in [0.1, 0.15) is 20.3 Å². The van der Waals surface area contributed by atoms with Crippen molar-refractivity contribution in [2.24, 2.45) is 5.73 Å². The van der Waals surface area contributed by atoms with Crippen molar-refractivity contribution in [3.05, 3.63) is 0 Å². The van der Waals surface area contributed by atoms with Crippen LogP contribution >= 0.6 is 0 Å². The van der Waals surface area contributed by atoms with E-state index in [9.17, 15) is 8.42 Å². The van der Waals surface area contributed by atoms with Gasteiger partial charge in [0.25, 0.3) is 0 Å². The molecule has 6 nitrogen and oxygen atoms in total. The molecule has 1 atom stereocenters. The predicted molar refractivity (Wildman–Crippen MR) is 76.6 cm³/mol. The summed E-state index contributed by atoms with van der Waals surface area (Å²) >= 11 is 0. The van der Waals surface area contributed by atoms with Crippen LogP contribution in [0.2, 0.25) is 0 Å². The van der Waals surface area contributed by atoms with Gasteiger partial charge >= 0.3 is 0 Å². The van der Waals surface area contributed by atoms with E-state index in [1.165, 1.54) is 0 Å². The predicted octanol–water partition coefficient (Wildman–Crippen LogP) is -0.292. The lowest BCUT2D eigenvalue weighted by molar-refractivity contribution is 0.134. The van der Waals surface area contributed by atoms with Gasteiger partial charge in [-0.1, -0.05) is 6.92 Å². The van der Waals surface area contributed by atoms with Crippen molar-refractivity contribution in [1.82, 2.24) is 9.21 Å². The topological polar surface area (TPSA) is 75.9 Å². The SMILES string of the molecule is CCOCCS(=O)(=O)N1CCN(C(CC)CN)CC1. The van der Waals surface area contributed by atoms with Crippen LogP contribution in [0.25, 0.3) is 0 Å². The summed E-state index contributed by atoms with van der Waals surface area (Å²) in [5, 5.41) is 0. The van der Waals surface area contributed by atoms with E-state index in [1.807, 2.05) is 6.92 Å². The average molecular weight is 293 g/mol. The summed E-state index contributed by atoms with van der Waals surface area (Å²) in [7, 11) is -3.17. The van der Waals surface area contributed by atoms with Gasteiger partial charge in [-0.15, -0.1) is 0 Å². The first kappa shape index (κ1) is 16.8. The second-order valence-electron chi connectivity index (χ2n) is 4.75. The van der Waals surface area contributed by atoms with Gasteiger partial charge in [-0.2, -0.15) is 4.31 Å². The van der Waals surface area contributed by atoms with E-state index >= 15 is 0 Å². The van der Waals surface area contributed by atoms with Crippen LogP contribution in [0.15, 0.2) is 0 Å². The van der Waals surface area contributed by atoms with Gasteiger partial charge in [-0.3, -0.25) is 4.90 Å². The molecule has 19 heavy (non-hydrogen) atoms. The van der Waals surface area contributed by atoms with Gasteiger partial charge in [0.15, 0.2) is 0 Å². The highest BCUT2D eigenvalue weighted by molar-refractivity contribution is 7.89. The smallest absolute Gasteiger partial charge is 0.216 e. The van der Waals surface area contributed by atoms with Crippen LogP contribution in [0.3, 0.4) is 0 Å². The van der Waals surface area contributed by atoms with E-state index in [1.54, 1.807) is 4.31 Å². The molecule has 0 amide bonds. The maximum atomic E-state index is 12.1. The number of nitrogens with zero attached hydrogens (tertiary/aromatic N) is 2. The number of rotatable bonds is 8. The van der Waals surface area contributed by atoms with Crippen LogP contribution in [0, 0.1) is 0 Å². The van der Waals surface area contributed by atoms with Gasteiger partial charge in [0.1, 0.15) is 0 Å². The monoisotopic (exact) mass is 293 g/mol. The zero-order valence-corrected chi connectivity index (χ0v) is 12.9. The van der Waals surface area contributed by atoms with Gasteiger partial charge in [0.2, 0.25) is 10.0 Å². The molecule has 1 aliphatic heterocycles. The highest BCUT2D eigenvalue weighted by atomic mass is 32.2. The summed E-state index contributed by atoms with van der Waals surface area (Å²) in [6, 6.07) is 0.369. The fraction of sp³-hybridized carbons (Fsp3) is 1.00. The maximum absolute atomic E-state index is 12.1. The van der Waals surface area contributed by atoms with Crippen molar-refractivity contribution < 1.29 is 13.2 Å². The van der Waals surface area contributed by atoms with Crippen molar-refractivity contribution >= 4 is 10.0 Å². The molecule has 1 fully saturated rings. The van der Waals surface area contributed by atoms with Crippen molar-refractivity contribution in [2.45, 2.75) is 26.3 Å². The number of hydrogen-bond donors (Lipinski definition) is 1. The quantitative estimate of drug-likeness (QED) is 0.622. The molecule has 1 unspecified atom stereocenters. The lowest BCUT2D eigenvalue weighted by atomic mass is 10.1. The molecule has 1 rings (SSSR count). The zero-order chi connectivity index (χ0) is 14.3. The fourth-order valence-corrected chi connectivity index (χ4v) is 3.66. The van der Waals surface area contributed by atoms with Gasteiger partial charge in [-0.05, 0) is 13.3 Å². The summed E-state index contributed by atoms with van der Waals surface area (Å²) in [4.78, 5) is 2.29. The van der Waals surface area contributed by atoms with Crippen LogP contribution in [-0.2, 0) is 14.8 Å². The van der Waals surface area contributed by atoms with Gasteiger partial charge < -0.3 is 10.5 Å². The Morgan fingerprint density at radius 1 is 1.21 bits per heavy atom. The summed E-state index contributed by atoms with van der Waals surface area (Å²) < 4.78 is 30.9. The Morgan fingerprint density at radius 3 is 2.32 bits per heavy atom. The molecule has 114 valence electrons. The first-order valence-corrected chi connectivity index (χ1v) is 8.65. The Bertz CT molecular complexity index is 336. The van der Waals surface area contributed by atoms with Crippen LogP contribution in [-0.4, -0.2) is 75.4 Å². The van der Waals surface area contributed by atoms with Gasteiger partial charge in [0.05, 0.1) is 12.4 Å². The highest BCUT2D eigenvalue weighted by Crippen LogP contribution is 2.12. The molecule has 0 aromatic rings. The van der Waals surface area contributed by atoms with Gasteiger partial charge in [0, 0.05) is 45.4 Å². The Labute approximate surface area is 116 Å². The molecule has 1 saturated heterocycles. The third-order valence-electron chi connectivity index (χ3n) is 3.62.